The van der Waals surface area contributed by atoms with E-state index in [0.29, 0.717) is 28.4 Å². The van der Waals surface area contributed by atoms with Gasteiger partial charge in [0.1, 0.15) is 11.6 Å². The van der Waals surface area contributed by atoms with Crippen LogP contribution in [-0.2, 0) is 13.0 Å². The van der Waals surface area contributed by atoms with Gasteiger partial charge in [-0.3, -0.25) is 0 Å². The van der Waals surface area contributed by atoms with Gasteiger partial charge in [0.05, 0.1) is 0 Å². The van der Waals surface area contributed by atoms with Crippen LogP contribution in [0.15, 0.2) is 27.2 Å². The summed E-state index contributed by atoms with van der Waals surface area (Å²) in [5.74, 6) is 1.05. The fourth-order valence-corrected chi connectivity index (χ4v) is 1.69. The summed E-state index contributed by atoms with van der Waals surface area (Å²) in [5.41, 5.74) is 0. The summed E-state index contributed by atoms with van der Waals surface area (Å²) in [6, 6.07) is 4.32. The van der Waals surface area contributed by atoms with Crippen molar-refractivity contribution >= 4 is 15.9 Å². The quantitative estimate of drug-likeness (QED) is 0.870. The van der Waals surface area contributed by atoms with Crippen LogP contribution in [0, 0.1) is 5.82 Å². The van der Waals surface area contributed by atoms with E-state index < -0.39 is 0 Å². The molecule has 0 saturated carbocycles. The van der Waals surface area contributed by atoms with Crippen LogP contribution in [0.4, 0.5) is 4.39 Å². The van der Waals surface area contributed by atoms with Crippen molar-refractivity contribution in [3.05, 3.63) is 40.2 Å². The van der Waals surface area contributed by atoms with Gasteiger partial charge in [0.15, 0.2) is 12.4 Å². The number of aromatic nitrogens is 2. The average Bonchev–Trinajstić information content (AvgIpc) is 2.73. The maximum atomic E-state index is 13.1. The first-order valence-corrected chi connectivity index (χ1v) is 5.87. The minimum absolute atomic E-state index is 0.128. The highest BCUT2D eigenvalue weighted by atomic mass is 79.9. The highest BCUT2D eigenvalue weighted by Gasteiger charge is 2.06. The molecule has 0 unspecified atom stereocenters. The third kappa shape index (κ3) is 3.26. The van der Waals surface area contributed by atoms with E-state index in [-0.39, 0.29) is 12.4 Å². The molecule has 1 aromatic carbocycles. The highest BCUT2D eigenvalue weighted by molar-refractivity contribution is 9.10. The summed E-state index contributed by atoms with van der Waals surface area (Å²) >= 11 is 3.18. The van der Waals surface area contributed by atoms with Crippen molar-refractivity contribution in [3.63, 3.8) is 0 Å². The van der Waals surface area contributed by atoms with E-state index in [1.54, 1.807) is 6.07 Å². The molecule has 0 aliphatic heterocycles. The first-order chi connectivity index (χ1) is 8.17. The van der Waals surface area contributed by atoms with Gasteiger partial charge in [-0.25, -0.2) is 4.39 Å². The molecule has 2 rings (SSSR count). The third-order valence-corrected chi connectivity index (χ3v) is 2.48. The van der Waals surface area contributed by atoms with Crippen LogP contribution in [0.2, 0.25) is 0 Å². The van der Waals surface area contributed by atoms with Crippen LogP contribution in [0.3, 0.4) is 0 Å². The second-order valence-electron chi connectivity index (χ2n) is 3.35. The maximum absolute atomic E-state index is 13.1. The standard InChI is InChI=1S/C11H10BrFN2O2/c1-2-10-14-11(17-15-10)6-16-9-4-7(12)3-8(13)5-9/h3-5H,2,6H2,1H3. The van der Waals surface area contributed by atoms with Gasteiger partial charge in [0.25, 0.3) is 5.89 Å². The molecule has 17 heavy (non-hydrogen) atoms. The van der Waals surface area contributed by atoms with Crippen molar-refractivity contribution < 1.29 is 13.7 Å². The molecule has 0 spiro atoms. The third-order valence-electron chi connectivity index (χ3n) is 2.02. The molecular weight excluding hydrogens is 291 g/mol. The molecule has 4 nitrogen and oxygen atoms in total. The highest BCUT2D eigenvalue weighted by Crippen LogP contribution is 2.21. The minimum Gasteiger partial charge on any atom is -0.484 e. The number of halogens is 2. The molecule has 0 amide bonds. The molecule has 0 aliphatic carbocycles. The number of nitrogens with zero attached hydrogens (tertiary/aromatic N) is 2. The van der Waals surface area contributed by atoms with Crippen LogP contribution < -0.4 is 4.74 Å². The van der Waals surface area contributed by atoms with Gasteiger partial charge in [0, 0.05) is 17.0 Å². The summed E-state index contributed by atoms with van der Waals surface area (Å²) in [4.78, 5) is 4.08. The number of hydrogen-bond acceptors (Lipinski definition) is 4. The molecule has 0 radical (unpaired) electrons. The molecule has 90 valence electrons. The molecule has 0 aliphatic rings. The van der Waals surface area contributed by atoms with Crippen molar-refractivity contribution in [1.82, 2.24) is 10.1 Å². The van der Waals surface area contributed by atoms with Gasteiger partial charge < -0.3 is 9.26 Å². The zero-order chi connectivity index (χ0) is 12.3. The minimum atomic E-state index is -0.367. The monoisotopic (exact) mass is 300 g/mol. The van der Waals surface area contributed by atoms with E-state index in [0.717, 1.165) is 0 Å². The van der Waals surface area contributed by atoms with Crippen molar-refractivity contribution in [1.29, 1.82) is 0 Å². The van der Waals surface area contributed by atoms with Crippen LogP contribution >= 0.6 is 15.9 Å². The second kappa shape index (κ2) is 5.27. The molecule has 0 saturated heterocycles. The number of ether oxygens (including phenoxy) is 1. The van der Waals surface area contributed by atoms with Crippen molar-refractivity contribution in [2.75, 3.05) is 0 Å². The van der Waals surface area contributed by atoms with Crippen molar-refractivity contribution in [2.24, 2.45) is 0 Å². The summed E-state index contributed by atoms with van der Waals surface area (Å²) in [6.45, 7) is 2.06. The predicted molar refractivity (Wildman–Crippen MR) is 62.1 cm³/mol. The number of hydrogen-bond donors (Lipinski definition) is 0. The van der Waals surface area contributed by atoms with E-state index in [1.807, 2.05) is 6.92 Å². The molecule has 6 heteroatoms. The lowest BCUT2D eigenvalue weighted by Gasteiger charge is -2.03. The van der Waals surface area contributed by atoms with E-state index in [4.69, 9.17) is 9.26 Å². The van der Waals surface area contributed by atoms with Gasteiger partial charge in [-0.1, -0.05) is 28.0 Å². The second-order valence-corrected chi connectivity index (χ2v) is 4.27. The smallest absolute Gasteiger partial charge is 0.264 e. The van der Waals surface area contributed by atoms with Gasteiger partial charge in [0.2, 0.25) is 0 Å². The SMILES string of the molecule is CCc1noc(COc2cc(F)cc(Br)c2)n1. The Morgan fingerprint density at radius 3 is 2.88 bits per heavy atom. The Labute approximate surface area is 106 Å². The molecule has 0 bridgehead atoms. The Bertz CT molecular complexity index is 496. The van der Waals surface area contributed by atoms with Crippen LogP contribution in [0.1, 0.15) is 18.6 Å². The normalized spacial score (nSPS) is 10.5. The Morgan fingerprint density at radius 1 is 1.41 bits per heavy atom. The van der Waals surface area contributed by atoms with Crippen LogP contribution in [0.25, 0.3) is 0 Å². The zero-order valence-electron chi connectivity index (χ0n) is 9.11. The zero-order valence-corrected chi connectivity index (χ0v) is 10.7. The van der Waals surface area contributed by atoms with Gasteiger partial charge in [-0.15, -0.1) is 0 Å². The predicted octanol–water partition coefficient (Wildman–Crippen LogP) is 3.11. The molecule has 0 N–H and O–H groups in total. The molecular formula is C11H10BrFN2O2. The van der Waals surface area contributed by atoms with Crippen LogP contribution in [0.5, 0.6) is 5.75 Å². The fraction of sp³-hybridized carbons (Fsp3) is 0.273. The Kier molecular flexibility index (Phi) is 3.73. The Hall–Kier alpha value is -1.43. The molecule has 1 heterocycles. The Balaban J connectivity index is 2.01. The van der Waals surface area contributed by atoms with E-state index in [1.165, 1.54) is 12.1 Å². The van der Waals surface area contributed by atoms with E-state index in [9.17, 15) is 4.39 Å². The maximum Gasteiger partial charge on any atom is 0.264 e. The topological polar surface area (TPSA) is 48.2 Å². The summed E-state index contributed by atoms with van der Waals surface area (Å²) in [5, 5.41) is 3.73. The van der Waals surface area contributed by atoms with Gasteiger partial charge in [-0.05, 0) is 12.1 Å². The largest absolute Gasteiger partial charge is 0.484 e. The first kappa shape index (κ1) is 12.0. The fourth-order valence-electron chi connectivity index (χ4n) is 1.25. The molecule has 0 fully saturated rings. The summed E-state index contributed by atoms with van der Waals surface area (Å²) in [7, 11) is 0. The first-order valence-electron chi connectivity index (χ1n) is 5.07. The lowest BCUT2D eigenvalue weighted by Crippen LogP contribution is -1.96. The Morgan fingerprint density at radius 2 is 2.24 bits per heavy atom. The molecule has 1 aromatic heterocycles. The average molecular weight is 301 g/mol. The molecule has 2 aromatic rings. The van der Waals surface area contributed by atoms with Gasteiger partial charge in [-0.2, -0.15) is 4.98 Å². The van der Waals surface area contributed by atoms with Gasteiger partial charge >= 0.3 is 0 Å². The number of benzene rings is 1. The summed E-state index contributed by atoms with van der Waals surface area (Å²) < 4.78 is 24.0. The van der Waals surface area contributed by atoms with Crippen molar-refractivity contribution in [2.45, 2.75) is 20.0 Å². The van der Waals surface area contributed by atoms with Crippen LogP contribution in [-0.4, -0.2) is 10.1 Å². The number of rotatable bonds is 4. The van der Waals surface area contributed by atoms with Crippen molar-refractivity contribution in [3.8, 4) is 5.75 Å². The molecule has 0 atom stereocenters. The lowest BCUT2D eigenvalue weighted by molar-refractivity contribution is 0.241. The lowest BCUT2D eigenvalue weighted by atomic mass is 10.3. The summed E-state index contributed by atoms with van der Waals surface area (Å²) in [6.07, 6.45) is 0.703. The number of aryl methyl sites for hydroxylation is 1. The van der Waals surface area contributed by atoms with E-state index in [2.05, 4.69) is 26.1 Å². The van der Waals surface area contributed by atoms with E-state index >= 15 is 0 Å².